The van der Waals surface area contributed by atoms with Gasteiger partial charge in [0.2, 0.25) is 0 Å². The molecule has 1 atom stereocenters. The number of nitrogens with one attached hydrogen (secondary N) is 1. The Bertz CT molecular complexity index is 335. The molecule has 0 fully saturated rings. The summed E-state index contributed by atoms with van der Waals surface area (Å²) >= 11 is 0. The summed E-state index contributed by atoms with van der Waals surface area (Å²) in [5.41, 5.74) is 2.00. The molecule has 1 aliphatic heterocycles. The highest BCUT2D eigenvalue weighted by molar-refractivity contribution is 7.27. The Balaban J connectivity index is 2.60. The first kappa shape index (κ1) is 7.75. The number of benzene rings is 1. The molecule has 0 bridgehead atoms. The fourth-order valence-electron chi connectivity index (χ4n) is 1.50. The summed E-state index contributed by atoms with van der Waals surface area (Å²) < 4.78 is 0. The van der Waals surface area contributed by atoms with Crippen LogP contribution in [0.2, 0.25) is 0 Å². The van der Waals surface area contributed by atoms with E-state index in [0.717, 1.165) is 29.4 Å². The van der Waals surface area contributed by atoms with Crippen molar-refractivity contribution < 1.29 is 4.79 Å². The van der Waals surface area contributed by atoms with Crippen molar-refractivity contribution >= 4 is 20.5 Å². The van der Waals surface area contributed by atoms with Crippen molar-refractivity contribution in [2.24, 2.45) is 0 Å². The van der Waals surface area contributed by atoms with Crippen LogP contribution < -0.4 is 10.6 Å². The summed E-state index contributed by atoms with van der Waals surface area (Å²) in [5, 5.41) is 3.82. The Morgan fingerprint density at radius 1 is 1.42 bits per heavy atom. The molecular weight excluding hydrogens is 169 g/mol. The number of amides is 1. The number of hydrogen-bond acceptors (Lipinski definition) is 1. The third-order valence-corrected chi connectivity index (χ3v) is 2.57. The third kappa shape index (κ3) is 1.12. The molecule has 1 heterocycles. The predicted octanol–water partition coefficient (Wildman–Crippen LogP) is 0.473. The molecule has 0 spiro atoms. The molecule has 0 radical (unpaired) electrons. The third-order valence-electron chi connectivity index (χ3n) is 2.09. The average Bonchev–Trinajstić information content (AvgIpc) is 2.04. The number of rotatable bonds is 0. The Labute approximate surface area is 73.6 Å². The lowest BCUT2D eigenvalue weighted by Gasteiger charge is -2.17. The maximum atomic E-state index is 11.4. The van der Waals surface area contributed by atoms with Crippen LogP contribution in [0.5, 0.6) is 0 Å². The van der Waals surface area contributed by atoms with E-state index in [4.69, 9.17) is 0 Å². The van der Waals surface area contributed by atoms with E-state index >= 15 is 0 Å². The first-order valence-corrected chi connectivity index (χ1v) is 4.52. The number of fused-ring (bicyclic) bond motifs is 1. The van der Waals surface area contributed by atoms with E-state index in [2.05, 4.69) is 14.6 Å². The van der Waals surface area contributed by atoms with E-state index in [9.17, 15) is 4.79 Å². The van der Waals surface area contributed by atoms with Crippen LogP contribution in [-0.4, -0.2) is 12.5 Å². The van der Waals surface area contributed by atoms with Gasteiger partial charge in [0.15, 0.2) is 0 Å². The molecule has 1 aromatic carbocycles. The van der Waals surface area contributed by atoms with E-state index < -0.39 is 0 Å². The highest BCUT2D eigenvalue weighted by Crippen LogP contribution is 2.12. The molecule has 0 aromatic heterocycles. The highest BCUT2D eigenvalue weighted by Gasteiger charge is 2.17. The van der Waals surface area contributed by atoms with E-state index in [1.807, 2.05) is 18.2 Å². The number of carbonyl (C=O) groups excluding carboxylic acids is 1. The minimum absolute atomic E-state index is 0.0573. The van der Waals surface area contributed by atoms with Gasteiger partial charge >= 0.3 is 0 Å². The van der Waals surface area contributed by atoms with E-state index in [1.54, 1.807) is 0 Å². The lowest BCUT2D eigenvalue weighted by molar-refractivity contribution is 0.0947. The second kappa shape index (κ2) is 2.87. The molecule has 2 nitrogen and oxygen atoms in total. The van der Waals surface area contributed by atoms with Gasteiger partial charge in [-0.15, -0.1) is 9.24 Å². The maximum Gasteiger partial charge on any atom is 0.252 e. The van der Waals surface area contributed by atoms with E-state index in [0.29, 0.717) is 0 Å². The van der Waals surface area contributed by atoms with Crippen LogP contribution in [0.1, 0.15) is 15.9 Å². The first-order valence-electron chi connectivity index (χ1n) is 3.94. The molecule has 1 aromatic rings. The van der Waals surface area contributed by atoms with Crippen LogP contribution >= 0.6 is 9.24 Å². The van der Waals surface area contributed by atoms with Crippen LogP contribution in [0, 0.1) is 0 Å². The van der Waals surface area contributed by atoms with Gasteiger partial charge in [-0.25, -0.2) is 0 Å². The molecule has 3 heteroatoms. The Kier molecular flexibility index (Phi) is 1.86. The second-order valence-electron chi connectivity index (χ2n) is 2.89. The summed E-state index contributed by atoms with van der Waals surface area (Å²) in [6, 6.07) is 5.94. The zero-order valence-corrected chi connectivity index (χ0v) is 7.79. The SMILES string of the molecule is O=C1NCCc2cccc(P)c21. The van der Waals surface area contributed by atoms with Gasteiger partial charge in [-0.1, -0.05) is 18.2 Å². The number of hydrogen-bond donors (Lipinski definition) is 1. The topological polar surface area (TPSA) is 29.1 Å². The van der Waals surface area contributed by atoms with Gasteiger partial charge in [0.1, 0.15) is 0 Å². The van der Waals surface area contributed by atoms with Gasteiger partial charge in [-0.05, 0) is 17.3 Å². The van der Waals surface area contributed by atoms with Crippen molar-refractivity contribution in [2.45, 2.75) is 6.42 Å². The minimum atomic E-state index is 0.0573. The minimum Gasteiger partial charge on any atom is -0.352 e. The lowest BCUT2D eigenvalue weighted by Crippen LogP contribution is -2.34. The van der Waals surface area contributed by atoms with Crippen molar-refractivity contribution in [3.05, 3.63) is 29.3 Å². The van der Waals surface area contributed by atoms with Crippen molar-refractivity contribution in [3.8, 4) is 0 Å². The van der Waals surface area contributed by atoms with Crippen LogP contribution in [0.25, 0.3) is 0 Å². The molecule has 62 valence electrons. The molecule has 0 aliphatic carbocycles. The summed E-state index contributed by atoms with van der Waals surface area (Å²) in [6.07, 6.45) is 0.948. The largest absolute Gasteiger partial charge is 0.352 e. The Morgan fingerprint density at radius 2 is 2.25 bits per heavy atom. The van der Waals surface area contributed by atoms with Crippen molar-refractivity contribution in [2.75, 3.05) is 6.54 Å². The molecule has 1 N–H and O–H groups in total. The van der Waals surface area contributed by atoms with Crippen LogP contribution in [-0.2, 0) is 6.42 Å². The molecule has 0 saturated carbocycles. The van der Waals surface area contributed by atoms with Crippen LogP contribution in [0.3, 0.4) is 0 Å². The molecule has 1 unspecified atom stereocenters. The molecule has 0 saturated heterocycles. The zero-order valence-electron chi connectivity index (χ0n) is 6.63. The summed E-state index contributed by atoms with van der Waals surface area (Å²) in [5.74, 6) is 0.0573. The van der Waals surface area contributed by atoms with Gasteiger partial charge in [0.25, 0.3) is 5.91 Å². The van der Waals surface area contributed by atoms with Gasteiger partial charge in [-0.3, -0.25) is 4.79 Å². The van der Waals surface area contributed by atoms with Crippen molar-refractivity contribution in [3.63, 3.8) is 0 Å². The molecule has 1 amide bonds. The zero-order chi connectivity index (χ0) is 8.55. The first-order chi connectivity index (χ1) is 5.79. The summed E-state index contributed by atoms with van der Waals surface area (Å²) in [4.78, 5) is 11.4. The van der Waals surface area contributed by atoms with Gasteiger partial charge in [0.05, 0.1) is 0 Å². The highest BCUT2D eigenvalue weighted by atomic mass is 31.0. The Morgan fingerprint density at radius 3 is 3.00 bits per heavy atom. The van der Waals surface area contributed by atoms with E-state index in [1.165, 1.54) is 0 Å². The van der Waals surface area contributed by atoms with Gasteiger partial charge in [-0.2, -0.15) is 0 Å². The average molecular weight is 179 g/mol. The van der Waals surface area contributed by atoms with Gasteiger partial charge < -0.3 is 5.32 Å². The summed E-state index contributed by atoms with van der Waals surface area (Å²) in [6.45, 7) is 0.764. The van der Waals surface area contributed by atoms with E-state index in [-0.39, 0.29) is 5.91 Å². The van der Waals surface area contributed by atoms with Crippen LogP contribution in [0.15, 0.2) is 18.2 Å². The molecule has 12 heavy (non-hydrogen) atoms. The Hall–Kier alpha value is -0.880. The monoisotopic (exact) mass is 179 g/mol. The van der Waals surface area contributed by atoms with Crippen molar-refractivity contribution in [1.82, 2.24) is 5.32 Å². The second-order valence-corrected chi connectivity index (χ2v) is 3.51. The predicted molar refractivity (Wildman–Crippen MR) is 51.8 cm³/mol. The molecule has 1 aliphatic rings. The van der Waals surface area contributed by atoms with Crippen molar-refractivity contribution in [1.29, 1.82) is 0 Å². The summed E-state index contributed by atoms with van der Waals surface area (Å²) in [7, 11) is 2.59. The fraction of sp³-hybridized carbons (Fsp3) is 0.222. The lowest BCUT2D eigenvalue weighted by atomic mass is 10.0. The normalized spacial score (nSPS) is 15.2. The maximum absolute atomic E-state index is 11.4. The smallest absolute Gasteiger partial charge is 0.252 e. The fourth-order valence-corrected chi connectivity index (χ4v) is 1.93. The molecular formula is C9H10NOP. The van der Waals surface area contributed by atoms with Crippen LogP contribution in [0.4, 0.5) is 0 Å². The molecule has 2 rings (SSSR count). The van der Waals surface area contributed by atoms with Gasteiger partial charge in [0, 0.05) is 12.1 Å². The standard InChI is InChI=1S/C9H10NOP/c11-9-8-6(4-5-10-9)2-1-3-7(8)12/h1-3H,4-5,12H2,(H,10,11). The quantitative estimate of drug-likeness (QED) is 0.576. The number of carbonyl (C=O) groups is 1.